The Morgan fingerprint density at radius 1 is 1.46 bits per heavy atom. The fraction of sp³-hybridized carbons (Fsp3) is 0. The van der Waals surface area contributed by atoms with E-state index in [1.165, 1.54) is 11.3 Å². The molecule has 0 unspecified atom stereocenters. The maximum Gasteiger partial charge on any atom is 0.101 e. The van der Waals surface area contributed by atoms with Gasteiger partial charge in [-0.2, -0.15) is 5.26 Å². The molecule has 0 radical (unpaired) electrons. The van der Waals surface area contributed by atoms with Crippen molar-refractivity contribution in [2.24, 2.45) is 0 Å². The molecular formula is C9H5IN2S. The summed E-state index contributed by atoms with van der Waals surface area (Å²) >= 11 is 3.72. The molecule has 2 aromatic rings. The van der Waals surface area contributed by atoms with E-state index in [1.54, 1.807) is 0 Å². The lowest BCUT2D eigenvalue weighted by Gasteiger charge is -1.98. The first kappa shape index (κ1) is 8.78. The van der Waals surface area contributed by atoms with Crippen molar-refractivity contribution in [2.75, 3.05) is 5.73 Å². The summed E-state index contributed by atoms with van der Waals surface area (Å²) in [6.45, 7) is 0. The maximum absolute atomic E-state index is 8.80. The van der Waals surface area contributed by atoms with Gasteiger partial charge in [0.25, 0.3) is 0 Å². The second kappa shape index (κ2) is 3.16. The van der Waals surface area contributed by atoms with Crippen LogP contribution in [0, 0.1) is 14.9 Å². The van der Waals surface area contributed by atoms with Gasteiger partial charge in [0.1, 0.15) is 6.07 Å². The summed E-state index contributed by atoms with van der Waals surface area (Å²) in [5, 5.41) is 11.6. The Hall–Kier alpha value is -0.800. The Balaban J connectivity index is 2.91. The second-order valence-corrected chi connectivity index (χ2v) is 4.64. The normalized spacial score (nSPS) is 10.2. The van der Waals surface area contributed by atoms with Crippen molar-refractivity contribution in [2.45, 2.75) is 0 Å². The molecule has 0 fully saturated rings. The first-order valence-corrected chi connectivity index (χ1v) is 5.55. The van der Waals surface area contributed by atoms with E-state index in [2.05, 4.69) is 28.7 Å². The number of nitriles is 1. The third-order valence-corrected chi connectivity index (χ3v) is 3.82. The number of benzene rings is 1. The molecular weight excluding hydrogens is 295 g/mol. The third-order valence-electron chi connectivity index (χ3n) is 1.85. The van der Waals surface area contributed by atoms with Gasteiger partial charge in [-0.1, -0.05) is 6.07 Å². The first-order valence-electron chi connectivity index (χ1n) is 3.59. The van der Waals surface area contributed by atoms with Crippen LogP contribution in [0.15, 0.2) is 17.5 Å². The van der Waals surface area contributed by atoms with Crippen LogP contribution in [0.2, 0.25) is 0 Å². The average molecular weight is 300 g/mol. The number of anilines is 1. The van der Waals surface area contributed by atoms with Crippen LogP contribution >= 0.6 is 33.9 Å². The molecule has 2 N–H and O–H groups in total. The van der Waals surface area contributed by atoms with Crippen molar-refractivity contribution in [1.29, 1.82) is 5.26 Å². The van der Waals surface area contributed by atoms with Crippen molar-refractivity contribution in [1.82, 2.24) is 0 Å². The van der Waals surface area contributed by atoms with Crippen LogP contribution in [0.4, 0.5) is 5.69 Å². The number of nitrogens with zero attached hydrogens (tertiary/aromatic N) is 1. The zero-order valence-corrected chi connectivity index (χ0v) is 9.52. The Labute approximate surface area is 93.1 Å². The molecule has 2 rings (SSSR count). The zero-order chi connectivity index (χ0) is 9.42. The molecule has 0 aliphatic carbocycles. The number of rotatable bonds is 0. The van der Waals surface area contributed by atoms with Crippen LogP contribution in [0.1, 0.15) is 5.56 Å². The van der Waals surface area contributed by atoms with E-state index in [9.17, 15) is 0 Å². The molecule has 0 bridgehead atoms. The Kier molecular flexibility index (Phi) is 2.14. The SMILES string of the molecule is N#Cc1csc2c(N)c(I)ccc12. The molecule has 2 nitrogen and oxygen atoms in total. The molecule has 0 aliphatic rings. The summed E-state index contributed by atoms with van der Waals surface area (Å²) in [7, 11) is 0. The number of thiophene rings is 1. The van der Waals surface area contributed by atoms with Gasteiger partial charge in [0.05, 0.1) is 16.0 Å². The largest absolute Gasteiger partial charge is 0.397 e. The highest BCUT2D eigenvalue weighted by atomic mass is 127. The van der Waals surface area contributed by atoms with E-state index < -0.39 is 0 Å². The Morgan fingerprint density at radius 2 is 2.23 bits per heavy atom. The molecule has 0 spiro atoms. The third kappa shape index (κ3) is 1.28. The quantitative estimate of drug-likeness (QED) is 0.600. The van der Waals surface area contributed by atoms with Crippen molar-refractivity contribution in [3.63, 3.8) is 0 Å². The van der Waals surface area contributed by atoms with Gasteiger partial charge in [0.15, 0.2) is 0 Å². The highest BCUT2D eigenvalue weighted by molar-refractivity contribution is 14.1. The molecule has 64 valence electrons. The zero-order valence-electron chi connectivity index (χ0n) is 6.54. The van der Waals surface area contributed by atoms with Gasteiger partial charge >= 0.3 is 0 Å². The van der Waals surface area contributed by atoms with E-state index in [0.717, 1.165) is 19.3 Å². The van der Waals surface area contributed by atoms with Gasteiger partial charge in [0.2, 0.25) is 0 Å². The number of nitrogen functional groups attached to an aromatic ring is 1. The maximum atomic E-state index is 8.80. The Morgan fingerprint density at radius 3 is 2.92 bits per heavy atom. The number of halogens is 1. The number of hydrogen-bond acceptors (Lipinski definition) is 3. The highest BCUT2D eigenvalue weighted by Crippen LogP contribution is 2.33. The van der Waals surface area contributed by atoms with Gasteiger partial charge in [-0.15, -0.1) is 11.3 Å². The molecule has 0 saturated carbocycles. The van der Waals surface area contributed by atoms with Gasteiger partial charge in [-0.05, 0) is 28.7 Å². The fourth-order valence-electron chi connectivity index (χ4n) is 1.18. The van der Waals surface area contributed by atoms with Crippen LogP contribution in [0.5, 0.6) is 0 Å². The first-order chi connectivity index (χ1) is 6.24. The van der Waals surface area contributed by atoms with Crippen LogP contribution < -0.4 is 5.73 Å². The van der Waals surface area contributed by atoms with Crippen LogP contribution in [0.25, 0.3) is 10.1 Å². The molecule has 1 heterocycles. The van der Waals surface area contributed by atoms with Gasteiger partial charge < -0.3 is 5.73 Å². The van der Waals surface area contributed by atoms with E-state index in [4.69, 9.17) is 11.0 Å². The van der Waals surface area contributed by atoms with E-state index >= 15 is 0 Å². The average Bonchev–Trinajstić information content (AvgIpc) is 2.55. The molecule has 1 aromatic heterocycles. The molecule has 0 amide bonds. The summed E-state index contributed by atoms with van der Waals surface area (Å²) in [6, 6.07) is 6.03. The molecule has 13 heavy (non-hydrogen) atoms. The van der Waals surface area contributed by atoms with Crippen LogP contribution in [-0.2, 0) is 0 Å². The molecule has 0 atom stereocenters. The van der Waals surface area contributed by atoms with E-state index in [1.807, 2.05) is 17.5 Å². The van der Waals surface area contributed by atoms with E-state index in [-0.39, 0.29) is 0 Å². The predicted molar refractivity (Wildman–Crippen MR) is 63.7 cm³/mol. The lowest BCUT2D eigenvalue weighted by molar-refractivity contribution is 1.52. The minimum Gasteiger partial charge on any atom is -0.397 e. The van der Waals surface area contributed by atoms with Crippen LogP contribution in [0.3, 0.4) is 0 Å². The predicted octanol–water partition coefficient (Wildman–Crippen LogP) is 2.96. The van der Waals surface area contributed by atoms with E-state index in [0.29, 0.717) is 5.56 Å². The van der Waals surface area contributed by atoms with Gasteiger partial charge in [-0.3, -0.25) is 0 Å². The molecule has 0 saturated heterocycles. The minimum absolute atomic E-state index is 0.711. The minimum atomic E-state index is 0.711. The summed E-state index contributed by atoms with van der Waals surface area (Å²) in [5.74, 6) is 0. The molecule has 4 heteroatoms. The standard InChI is InChI=1S/C9H5IN2S/c10-7-2-1-6-5(3-11)4-13-9(6)8(7)12/h1-2,4H,12H2. The smallest absolute Gasteiger partial charge is 0.101 e. The van der Waals surface area contributed by atoms with Gasteiger partial charge in [0, 0.05) is 14.3 Å². The van der Waals surface area contributed by atoms with Crippen molar-refractivity contribution >= 4 is 49.7 Å². The second-order valence-electron chi connectivity index (χ2n) is 2.60. The van der Waals surface area contributed by atoms with Crippen LogP contribution in [-0.4, -0.2) is 0 Å². The molecule has 1 aromatic carbocycles. The Bertz CT molecular complexity index is 510. The lowest BCUT2D eigenvalue weighted by Crippen LogP contribution is -1.88. The monoisotopic (exact) mass is 300 g/mol. The van der Waals surface area contributed by atoms with Crippen molar-refractivity contribution in [3.05, 3.63) is 26.6 Å². The van der Waals surface area contributed by atoms with Crippen molar-refractivity contribution in [3.8, 4) is 6.07 Å². The number of fused-ring (bicyclic) bond motifs is 1. The topological polar surface area (TPSA) is 49.8 Å². The lowest BCUT2D eigenvalue weighted by atomic mass is 10.2. The van der Waals surface area contributed by atoms with Gasteiger partial charge in [-0.25, -0.2) is 0 Å². The summed E-state index contributed by atoms with van der Waals surface area (Å²) < 4.78 is 2.06. The van der Waals surface area contributed by atoms with Crippen molar-refractivity contribution < 1.29 is 0 Å². The summed E-state index contributed by atoms with van der Waals surface area (Å²) in [5.41, 5.74) is 7.37. The molecule has 0 aliphatic heterocycles. The summed E-state index contributed by atoms with van der Waals surface area (Å²) in [4.78, 5) is 0. The number of hydrogen-bond donors (Lipinski definition) is 1. The fourth-order valence-corrected chi connectivity index (χ4v) is 2.77. The summed E-state index contributed by atoms with van der Waals surface area (Å²) in [6.07, 6.45) is 0. The highest BCUT2D eigenvalue weighted by Gasteiger charge is 2.07. The number of nitrogens with two attached hydrogens (primary N) is 1.